The molecule has 0 bridgehead atoms. The summed E-state index contributed by atoms with van der Waals surface area (Å²) in [5.41, 5.74) is 1.88. The maximum absolute atomic E-state index is 12.4. The summed E-state index contributed by atoms with van der Waals surface area (Å²) in [6.07, 6.45) is 0. The first-order valence-corrected chi connectivity index (χ1v) is 8.58. The Labute approximate surface area is 150 Å². The van der Waals surface area contributed by atoms with Crippen LogP contribution in [0.5, 0.6) is 0 Å². The second kappa shape index (κ2) is 8.22. The fourth-order valence-electron chi connectivity index (χ4n) is 2.01. The molecule has 24 heavy (non-hydrogen) atoms. The standard InChI is InChI=1S/C18H18ClNO3S/c1-11-4-5-13(18(22)23-3)10-16(11)20-17(21)12(2)24-15-8-6-14(19)7-9-15/h4-10,12H,1-3H3,(H,20,21)/t12-/m0/s1. The molecule has 0 saturated carbocycles. The number of aryl methyl sites for hydroxylation is 1. The molecule has 0 heterocycles. The Morgan fingerprint density at radius 1 is 1.17 bits per heavy atom. The molecule has 0 saturated heterocycles. The van der Waals surface area contributed by atoms with Gasteiger partial charge in [0.25, 0.3) is 0 Å². The molecule has 0 aromatic heterocycles. The van der Waals surface area contributed by atoms with Crippen LogP contribution in [0.4, 0.5) is 5.69 Å². The van der Waals surface area contributed by atoms with E-state index in [-0.39, 0.29) is 11.2 Å². The van der Waals surface area contributed by atoms with E-state index >= 15 is 0 Å². The van der Waals surface area contributed by atoms with Crippen molar-refractivity contribution in [3.63, 3.8) is 0 Å². The first kappa shape index (κ1) is 18.4. The minimum atomic E-state index is -0.436. The highest BCUT2D eigenvalue weighted by Gasteiger charge is 2.16. The molecule has 0 aliphatic heterocycles. The number of esters is 1. The lowest BCUT2D eigenvalue weighted by Crippen LogP contribution is -2.23. The summed E-state index contributed by atoms with van der Waals surface area (Å²) in [6, 6.07) is 12.4. The first-order valence-electron chi connectivity index (χ1n) is 7.32. The highest BCUT2D eigenvalue weighted by Crippen LogP contribution is 2.26. The molecule has 0 fully saturated rings. The van der Waals surface area contributed by atoms with Crippen molar-refractivity contribution in [3.8, 4) is 0 Å². The average molecular weight is 364 g/mol. The molecule has 0 radical (unpaired) electrons. The van der Waals surface area contributed by atoms with E-state index in [2.05, 4.69) is 5.32 Å². The number of rotatable bonds is 5. The fourth-order valence-corrected chi connectivity index (χ4v) is 3.00. The Morgan fingerprint density at radius 3 is 2.46 bits per heavy atom. The predicted octanol–water partition coefficient (Wildman–Crippen LogP) is 4.55. The number of hydrogen-bond donors (Lipinski definition) is 1. The number of nitrogens with one attached hydrogen (secondary N) is 1. The Hall–Kier alpha value is -1.98. The number of benzene rings is 2. The number of halogens is 1. The van der Waals surface area contributed by atoms with E-state index in [1.54, 1.807) is 30.3 Å². The number of carbonyl (C=O) groups excluding carboxylic acids is 2. The highest BCUT2D eigenvalue weighted by molar-refractivity contribution is 8.00. The van der Waals surface area contributed by atoms with Gasteiger partial charge in [-0.15, -0.1) is 11.8 Å². The third-order valence-corrected chi connectivity index (χ3v) is 4.78. The maximum atomic E-state index is 12.4. The summed E-state index contributed by atoms with van der Waals surface area (Å²) in [5.74, 6) is -0.575. The molecular weight excluding hydrogens is 346 g/mol. The summed E-state index contributed by atoms with van der Waals surface area (Å²) in [4.78, 5) is 25.0. The molecular formula is C18H18ClNO3S. The van der Waals surface area contributed by atoms with Crippen molar-refractivity contribution < 1.29 is 14.3 Å². The molecule has 0 spiro atoms. The second-order valence-electron chi connectivity index (χ2n) is 5.22. The third kappa shape index (κ3) is 4.76. The van der Waals surface area contributed by atoms with Crippen molar-refractivity contribution in [2.45, 2.75) is 24.0 Å². The quantitative estimate of drug-likeness (QED) is 0.625. The van der Waals surface area contributed by atoms with Crippen LogP contribution in [-0.4, -0.2) is 24.2 Å². The minimum Gasteiger partial charge on any atom is -0.465 e. The molecule has 2 aromatic carbocycles. The van der Waals surface area contributed by atoms with E-state index in [9.17, 15) is 9.59 Å². The van der Waals surface area contributed by atoms with Crippen molar-refractivity contribution in [2.75, 3.05) is 12.4 Å². The largest absolute Gasteiger partial charge is 0.465 e. The van der Waals surface area contributed by atoms with Crippen LogP contribution < -0.4 is 5.32 Å². The number of ether oxygens (including phenoxy) is 1. The van der Waals surface area contributed by atoms with Crippen LogP contribution in [0.3, 0.4) is 0 Å². The molecule has 4 nitrogen and oxygen atoms in total. The number of amides is 1. The number of carbonyl (C=O) groups is 2. The second-order valence-corrected chi connectivity index (χ2v) is 7.08. The molecule has 0 unspecified atom stereocenters. The number of anilines is 1. The smallest absolute Gasteiger partial charge is 0.337 e. The van der Waals surface area contributed by atoms with Crippen LogP contribution in [0, 0.1) is 6.92 Å². The number of hydrogen-bond acceptors (Lipinski definition) is 4. The van der Waals surface area contributed by atoms with Crippen molar-refractivity contribution in [1.82, 2.24) is 0 Å². The van der Waals surface area contributed by atoms with Crippen molar-refractivity contribution in [2.24, 2.45) is 0 Å². The Balaban J connectivity index is 2.08. The van der Waals surface area contributed by atoms with Crippen molar-refractivity contribution in [1.29, 1.82) is 0 Å². The van der Waals surface area contributed by atoms with Gasteiger partial charge in [0.1, 0.15) is 0 Å². The zero-order valence-electron chi connectivity index (χ0n) is 13.6. The number of thioether (sulfide) groups is 1. The molecule has 0 aliphatic carbocycles. The zero-order valence-corrected chi connectivity index (χ0v) is 15.2. The topological polar surface area (TPSA) is 55.4 Å². The summed E-state index contributed by atoms with van der Waals surface area (Å²) < 4.78 is 4.71. The fraction of sp³-hybridized carbons (Fsp3) is 0.222. The molecule has 6 heteroatoms. The average Bonchev–Trinajstić information content (AvgIpc) is 2.58. The van der Waals surface area contributed by atoms with E-state index in [1.165, 1.54) is 18.9 Å². The minimum absolute atomic E-state index is 0.139. The summed E-state index contributed by atoms with van der Waals surface area (Å²) in [6.45, 7) is 3.70. The van der Waals surface area contributed by atoms with Gasteiger partial charge in [-0.05, 0) is 55.8 Å². The zero-order chi connectivity index (χ0) is 17.7. The van der Waals surface area contributed by atoms with E-state index in [4.69, 9.17) is 16.3 Å². The molecule has 1 atom stereocenters. The van der Waals surface area contributed by atoms with Gasteiger partial charge in [0, 0.05) is 15.6 Å². The maximum Gasteiger partial charge on any atom is 0.337 e. The van der Waals surface area contributed by atoms with E-state index in [1.807, 2.05) is 26.0 Å². The molecule has 2 aromatic rings. The van der Waals surface area contributed by atoms with Gasteiger partial charge < -0.3 is 10.1 Å². The van der Waals surface area contributed by atoms with Crippen LogP contribution >= 0.6 is 23.4 Å². The van der Waals surface area contributed by atoms with Crippen LogP contribution in [0.15, 0.2) is 47.4 Å². The Bertz CT molecular complexity index is 746. The third-order valence-electron chi connectivity index (χ3n) is 3.41. The van der Waals surface area contributed by atoms with Gasteiger partial charge in [0.2, 0.25) is 5.91 Å². The predicted molar refractivity (Wildman–Crippen MR) is 97.9 cm³/mol. The van der Waals surface area contributed by atoms with Gasteiger partial charge in [-0.3, -0.25) is 4.79 Å². The van der Waals surface area contributed by atoms with Crippen LogP contribution in [0.1, 0.15) is 22.8 Å². The SMILES string of the molecule is COC(=O)c1ccc(C)c(NC(=O)[C@H](C)Sc2ccc(Cl)cc2)c1. The van der Waals surface area contributed by atoms with Gasteiger partial charge >= 0.3 is 5.97 Å². The lowest BCUT2D eigenvalue weighted by Gasteiger charge is -2.14. The number of methoxy groups -OCH3 is 1. The monoisotopic (exact) mass is 363 g/mol. The molecule has 1 amide bonds. The summed E-state index contributed by atoms with van der Waals surface area (Å²) >= 11 is 7.30. The lowest BCUT2D eigenvalue weighted by atomic mass is 10.1. The van der Waals surface area contributed by atoms with Gasteiger partial charge in [-0.1, -0.05) is 17.7 Å². The summed E-state index contributed by atoms with van der Waals surface area (Å²) in [7, 11) is 1.32. The van der Waals surface area contributed by atoms with Crippen LogP contribution in [-0.2, 0) is 9.53 Å². The van der Waals surface area contributed by atoms with Gasteiger partial charge in [-0.2, -0.15) is 0 Å². The van der Waals surface area contributed by atoms with E-state index in [0.717, 1.165) is 10.5 Å². The normalized spacial score (nSPS) is 11.7. The van der Waals surface area contributed by atoms with E-state index in [0.29, 0.717) is 16.3 Å². The molecule has 126 valence electrons. The van der Waals surface area contributed by atoms with Crippen molar-refractivity contribution in [3.05, 3.63) is 58.6 Å². The molecule has 2 rings (SSSR count). The Morgan fingerprint density at radius 2 is 1.83 bits per heavy atom. The highest BCUT2D eigenvalue weighted by atomic mass is 35.5. The lowest BCUT2D eigenvalue weighted by molar-refractivity contribution is -0.115. The molecule has 0 aliphatic rings. The summed E-state index contributed by atoms with van der Waals surface area (Å²) in [5, 5.41) is 3.23. The van der Waals surface area contributed by atoms with Gasteiger partial charge in [0.15, 0.2) is 0 Å². The van der Waals surface area contributed by atoms with Crippen LogP contribution in [0.25, 0.3) is 0 Å². The van der Waals surface area contributed by atoms with Crippen molar-refractivity contribution >= 4 is 40.9 Å². The van der Waals surface area contributed by atoms with Crippen LogP contribution in [0.2, 0.25) is 5.02 Å². The molecule has 1 N–H and O–H groups in total. The Kier molecular flexibility index (Phi) is 6.29. The first-order chi connectivity index (χ1) is 11.4. The van der Waals surface area contributed by atoms with Gasteiger partial charge in [0.05, 0.1) is 17.9 Å². The van der Waals surface area contributed by atoms with Gasteiger partial charge in [-0.25, -0.2) is 4.79 Å². The van der Waals surface area contributed by atoms with E-state index < -0.39 is 5.97 Å².